The van der Waals surface area contributed by atoms with E-state index >= 15 is 0 Å². The molecule has 1 aliphatic heterocycles. The number of carboxylic acid groups (broad SMARTS) is 1. The van der Waals surface area contributed by atoms with E-state index in [9.17, 15) is 4.79 Å². The summed E-state index contributed by atoms with van der Waals surface area (Å²) in [5.74, 6) is -0.184. The predicted molar refractivity (Wildman–Crippen MR) is 44.9 cm³/mol. The second-order valence-electron chi connectivity index (χ2n) is 3.84. The quantitative estimate of drug-likeness (QED) is 0.669. The first-order chi connectivity index (χ1) is 5.74. The van der Waals surface area contributed by atoms with Gasteiger partial charge in [0.1, 0.15) is 6.04 Å². The van der Waals surface area contributed by atoms with Gasteiger partial charge in [-0.2, -0.15) is 0 Å². The van der Waals surface area contributed by atoms with E-state index in [0.717, 1.165) is 19.4 Å². The summed E-state index contributed by atoms with van der Waals surface area (Å²) in [6.07, 6.45) is 3.45. The van der Waals surface area contributed by atoms with Crippen molar-refractivity contribution in [2.24, 2.45) is 5.92 Å². The molecule has 3 atom stereocenters. The number of likely N-dealkylation sites (tertiary alicyclic amines) is 1. The van der Waals surface area contributed by atoms with Gasteiger partial charge in [-0.1, -0.05) is 6.92 Å². The maximum Gasteiger partial charge on any atom is 0.321 e. The van der Waals surface area contributed by atoms with Crippen LogP contribution in [0.4, 0.5) is 0 Å². The molecule has 0 aromatic carbocycles. The number of hydrogen-bond acceptors (Lipinski definition) is 2. The van der Waals surface area contributed by atoms with Crippen LogP contribution in [0.3, 0.4) is 0 Å². The van der Waals surface area contributed by atoms with Crippen LogP contribution in [0.15, 0.2) is 0 Å². The summed E-state index contributed by atoms with van der Waals surface area (Å²) >= 11 is 0. The molecule has 2 bridgehead atoms. The lowest BCUT2D eigenvalue weighted by Gasteiger charge is -2.31. The van der Waals surface area contributed by atoms with Crippen molar-refractivity contribution in [1.82, 2.24) is 4.90 Å². The summed E-state index contributed by atoms with van der Waals surface area (Å²) < 4.78 is 0. The van der Waals surface area contributed by atoms with Crippen LogP contribution in [0.5, 0.6) is 0 Å². The second-order valence-corrected chi connectivity index (χ2v) is 3.84. The normalized spacial score (nSPS) is 40.6. The molecule has 0 radical (unpaired) electrons. The van der Waals surface area contributed by atoms with E-state index < -0.39 is 5.97 Å². The molecule has 2 rings (SSSR count). The van der Waals surface area contributed by atoms with Gasteiger partial charge in [0.2, 0.25) is 0 Å². The fraction of sp³-hybridized carbons (Fsp3) is 0.889. The Morgan fingerprint density at radius 2 is 2.33 bits per heavy atom. The standard InChI is InChI=1S/C9H15NO2/c1-2-10-7-4-3-6(5-7)8(10)9(11)12/h6-8H,2-5H2,1H3,(H,11,12)/t6-,7+,8-/m0/s1. The molecular formula is C9H15NO2. The Morgan fingerprint density at radius 1 is 1.58 bits per heavy atom. The second kappa shape index (κ2) is 2.73. The fourth-order valence-corrected chi connectivity index (χ4v) is 2.88. The summed E-state index contributed by atoms with van der Waals surface area (Å²) in [6.45, 7) is 2.94. The Bertz CT molecular complexity index is 205. The minimum absolute atomic E-state index is 0.172. The van der Waals surface area contributed by atoms with Gasteiger partial charge in [-0.15, -0.1) is 0 Å². The number of likely N-dealkylation sites (N-methyl/N-ethyl adjacent to an activating group) is 1. The van der Waals surface area contributed by atoms with Gasteiger partial charge < -0.3 is 5.11 Å². The van der Waals surface area contributed by atoms with Gasteiger partial charge in [0.05, 0.1) is 0 Å². The maximum atomic E-state index is 10.9. The molecule has 2 aliphatic rings. The number of rotatable bonds is 2. The highest BCUT2D eigenvalue weighted by atomic mass is 16.4. The first-order valence-corrected chi connectivity index (χ1v) is 4.72. The maximum absolute atomic E-state index is 10.9. The van der Waals surface area contributed by atoms with E-state index in [1.165, 1.54) is 6.42 Å². The molecule has 1 heterocycles. The molecule has 68 valence electrons. The van der Waals surface area contributed by atoms with Crippen molar-refractivity contribution in [2.75, 3.05) is 6.54 Å². The van der Waals surface area contributed by atoms with Crippen LogP contribution in [0.25, 0.3) is 0 Å². The largest absolute Gasteiger partial charge is 0.480 e. The summed E-state index contributed by atoms with van der Waals surface area (Å²) in [5, 5.41) is 9.00. The molecule has 2 fully saturated rings. The van der Waals surface area contributed by atoms with Crippen LogP contribution >= 0.6 is 0 Å². The molecule has 0 aromatic heterocycles. The predicted octanol–water partition coefficient (Wildman–Crippen LogP) is 0.944. The van der Waals surface area contributed by atoms with E-state index in [1.807, 2.05) is 0 Å². The van der Waals surface area contributed by atoms with E-state index in [0.29, 0.717) is 12.0 Å². The Labute approximate surface area is 72.4 Å². The van der Waals surface area contributed by atoms with Crippen LogP contribution in [-0.2, 0) is 4.79 Å². The van der Waals surface area contributed by atoms with Gasteiger partial charge in [-0.3, -0.25) is 9.69 Å². The minimum Gasteiger partial charge on any atom is -0.480 e. The summed E-state index contributed by atoms with van der Waals surface area (Å²) in [5.41, 5.74) is 0. The number of aliphatic carboxylic acids is 1. The molecule has 0 unspecified atom stereocenters. The van der Waals surface area contributed by atoms with Crippen LogP contribution in [0.2, 0.25) is 0 Å². The van der Waals surface area contributed by atoms with Crippen molar-refractivity contribution < 1.29 is 9.90 Å². The molecule has 1 saturated carbocycles. The number of carbonyl (C=O) groups is 1. The lowest BCUT2D eigenvalue weighted by molar-refractivity contribution is -0.144. The van der Waals surface area contributed by atoms with Crippen molar-refractivity contribution in [3.8, 4) is 0 Å². The highest BCUT2D eigenvalue weighted by molar-refractivity contribution is 5.74. The van der Waals surface area contributed by atoms with Crippen molar-refractivity contribution >= 4 is 5.97 Å². The minimum atomic E-state index is -0.621. The van der Waals surface area contributed by atoms with E-state index in [4.69, 9.17) is 5.11 Å². The number of piperidine rings is 1. The lowest BCUT2D eigenvalue weighted by Crippen LogP contribution is -2.45. The van der Waals surface area contributed by atoms with Gasteiger partial charge >= 0.3 is 5.97 Å². The number of carboxylic acids is 1. The smallest absolute Gasteiger partial charge is 0.321 e. The Morgan fingerprint density at radius 3 is 2.83 bits per heavy atom. The first-order valence-electron chi connectivity index (χ1n) is 4.72. The summed E-state index contributed by atoms with van der Waals surface area (Å²) in [7, 11) is 0. The van der Waals surface area contributed by atoms with Crippen molar-refractivity contribution in [3.05, 3.63) is 0 Å². The van der Waals surface area contributed by atoms with Crippen molar-refractivity contribution in [3.63, 3.8) is 0 Å². The van der Waals surface area contributed by atoms with Gasteiger partial charge in [-0.05, 0) is 31.7 Å². The molecule has 0 aromatic rings. The SMILES string of the molecule is CCN1[C@@H]2CC[C@@H](C2)[C@H]1C(=O)O. The molecule has 0 spiro atoms. The lowest BCUT2D eigenvalue weighted by atomic mass is 9.99. The zero-order valence-corrected chi connectivity index (χ0v) is 7.36. The van der Waals surface area contributed by atoms with Crippen molar-refractivity contribution in [1.29, 1.82) is 0 Å². The Balaban J connectivity index is 2.16. The average molecular weight is 169 g/mol. The third kappa shape index (κ3) is 0.959. The van der Waals surface area contributed by atoms with Gasteiger partial charge in [-0.25, -0.2) is 0 Å². The van der Waals surface area contributed by atoms with E-state index in [-0.39, 0.29) is 6.04 Å². The fourth-order valence-electron chi connectivity index (χ4n) is 2.88. The van der Waals surface area contributed by atoms with E-state index in [1.54, 1.807) is 0 Å². The Hall–Kier alpha value is -0.570. The van der Waals surface area contributed by atoms with Crippen molar-refractivity contribution in [2.45, 2.75) is 38.3 Å². The molecule has 1 aliphatic carbocycles. The molecule has 0 amide bonds. The zero-order valence-electron chi connectivity index (χ0n) is 7.36. The highest BCUT2D eigenvalue weighted by Crippen LogP contribution is 2.41. The average Bonchev–Trinajstić information content (AvgIpc) is 2.60. The van der Waals surface area contributed by atoms with E-state index in [2.05, 4.69) is 11.8 Å². The topological polar surface area (TPSA) is 40.5 Å². The highest BCUT2D eigenvalue weighted by Gasteiger charge is 2.48. The van der Waals surface area contributed by atoms with Crippen LogP contribution in [0.1, 0.15) is 26.2 Å². The monoisotopic (exact) mass is 169 g/mol. The number of fused-ring (bicyclic) bond motifs is 2. The number of hydrogen-bond donors (Lipinski definition) is 1. The summed E-state index contributed by atoms with van der Waals surface area (Å²) in [6, 6.07) is 0.398. The van der Waals surface area contributed by atoms with Crippen LogP contribution < -0.4 is 0 Å². The zero-order chi connectivity index (χ0) is 8.72. The first kappa shape index (κ1) is 8.05. The van der Waals surface area contributed by atoms with Gasteiger partial charge in [0, 0.05) is 6.04 Å². The molecule has 1 N–H and O–H groups in total. The molecular weight excluding hydrogens is 154 g/mol. The molecule has 3 heteroatoms. The Kier molecular flexibility index (Phi) is 1.83. The van der Waals surface area contributed by atoms with Crippen LogP contribution in [0, 0.1) is 5.92 Å². The third-order valence-electron chi connectivity index (χ3n) is 3.34. The van der Waals surface area contributed by atoms with Gasteiger partial charge in [0.25, 0.3) is 0 Å². The molecule has 1 saturated heterocycles. The summed E-state index contributed by atoms with van der Waals surface area (Å²) in [4.78, 5) is 13.1. The van der Waals surface area contributed by atoms with Crippen LogP contribution in [-0.4, -0.2) is 34.6 Å². The number of nitrogens with zero attached hydrogens (tertiary/aromatic N) is 1. The van der Waals surface area contributed by atoms with Gasteiger partial charge in [0.15, 0.2) is 0 Å². The third-order valence-corrected chi connectivity index (χ3v) is 3.34. The molecule has 12 heavy (non-hydrogen) atoms. The molecule has 3 nitrogen and oxygen atoms in total.